The minimum absolute atomic E-state index is 0.0348. The lowest BCUT2D eigenvalue weighted by Gasteiger charge is -2.13. The highest BCUT2D eigenvalue weighted by atomic mass is 32.2. The first-order valence-corrected chi connectivity index (χ1v) is 11.7. The molecule has 164 valence electrons. The van der Waals surface area contributed by atoms with Crippen LogP contribution in [0.5, 0.6) is 5.75 Å². The summed E-state index contributed by atoms with van der Waals surface area (Å²) in [6.07, 6.45) is 0.903. The van der Waals surface area contributed by atoms with E-state index in [-0.39, 0.29) is 36.3 Å². The zero-order valence-corrected chi connectivity index (χ0v) is 18.1. The zero-order valence-electron chi connectivity index (χ0n) is 17.2. The summed E-state index contributed by atoms with van der Waals surface area (Å²) >= 11 is 0. The number of hydrogen-bond acceptors (Lipinski definition) is 8. The fourth-order valence-electron chi connectivity index (χ4n) is 3.50. The van der Waals surface area contributed by atoms with Crippen molar-refractivity contribution in [2.45, 2.75) is 32.2 Å². The normalized spacial score (nSPS) is 17.5. The van der Waals surface area contributed by atoms with Gasteiger partial charge < -0.3 is 14.6 Å². The van der Waals surface area contributed by atoms with Crippen LogP contribution in [0.15, 0.2) is 34.9 Å². The molecule has 31 heavy (non-hydrogen) atoms. The predicted molar refractivity (Wildman–Crippen MR) is 113 cm³/mol. The van der Waals surface area contributed by atoms with Crippen molar-refractivity contribution in [2.24, 2.45) is 0 Å². The smallest absolute Gasteiger partial charge is 0.227 e. The molecule has 10 nitrogen and oxygen atoms in total. The third kappa shape index (κ3) is 4.93. The standard InChI is InChI=1S/C20H23N5O5S/c1-13-11-17(25(23-13)15-9-10-31(27,28)12-15)21-18(26)7-8-19-22-20(24-30-19)14-3-5-16(29-2)6-4-14/h3-6,11,15H,7-10,12H2,1-2H3,(H,21,26). The third-order valence-electron chi connectivity index (χ3n) is 5.06. The van der Waals surface area contributed by atoms with E-state index < -0.39 is 9.84 Å². The fraction of sp³-hybridized carbons (Fsp3) is 0.400. The Bertz CT molecular complexity index is 1180. The summed E-state index contributed by atoms with van der Waals surface area (Å²) in [5, 5.41) is 11.1. The highest BCUT2D eigenvalue weighted by Gasteiger charge is 2.31. The van der Waals surface area contributed by atoms with Gasteiger partial charge in [-0.25, -0.2) is 13.1 Å². The first kappa shape index (κ1) is 21.0. The van der Waals surface area contributed by atoms with Gasteiger partial charge >= 0.3 is 0 Å². The van der Waals surface area contributed by atoms with Crippen LogP contribution in [0.2, 0.25) is 0 Å². The molecule has 1 aliphatic heterocycles. The van der Waals surface area contributed by atoms with Gasteiger partial charge in [0, 0.05) is 24.5 Å². The quantitative estimate of drug-likeness (QED) is 0.586. The van der Waals surface area contributed by atoms with Gasteiger partial charge in [0.25, 0.3) is 0 Å². The maximum absolute atomic E-state index is 12.5. The number of aryl methyl sites for hydroxylation is 2. The number of amides is 1. The largest absolute Gasteiger partial charge is 0.497 e. The average molecular weight is 446 g/mol. The van der Waals surface area contributed by atoms with Crippen LogP contribution < -0.4 is 10.1 Å². The van der Waals surface area contributed by atoms with Crippen LogP contribution in [0.4, 0.5) is 5.82 Å². The summed E-state index contributed by atoms with van der Waals surface area (Å²) in [5.74, 6) is 1.95. The maximum atomic E-state index is 12.5. The van der Waals surface area contributed by atoms with Crippen molar-refractivity contribution in [1.82, 2.24) is 19.9 Å². The molecule has 1 fully saturated rings. The summed E-state index contributed by atoms with van der Waals surface area (Å²) in [5.41, 5.74) is 1.49. The number of carbonyl (C=O) groups excluding carboxylic acids is 1. The second-order valence-electron chi connectivity index (χ2n) is 7.46. The van der Waals surface area contributed by atoms with Crippen LogP contribution in [-0.4, -0.2) is 52.9 Å². The van der Waals surface area contributed by atoms with Crippen LogP contribution in [0.1, 0.15) is 30.5 Å². The molecule has 0 spiro atoms. The molecule has 0 bridgehead atoms. The van der Waals surface area contributed by atoms with Gasteiger partial charge in [-0.05, 0) is 37.6 Å². The topological polar surface area (TPSA) is 129 Å². The molecule has 1 unspecified atom stereocenters. The van der Waals surface area contributed by atoms with Gasteiger partial charge in [0.1, 0.15) is 11.6 Å². The lowest BCUT2D eigenvalue weighted by Crippen LogP contribution is -2.19. The minimum Gasteiger partial charge on any atom is -0.497 e. The molecule has 3 heterocycles. The van der Waals surface area contributed by atoms with Crippen LogP contribution in [-0.2, 0) is 21.1 Å². The van der Waals surface area contributed by atoms with E-state index in [0.717, 1.165) is 11.3 Å². The van der Waals surface area contributed by atoms with Crippen molar-refractivity contribution >= 4 is 21.6 Å². The Kier molecular flexibility index (Phi) is 5.77. The maximum Gasteiger partial charge on any atom is 0.227 e. The van der Waals surface area contributed by atoms with E-state index in [1.807, 2.05) is 12.1 Å². The molecule has 1 N–H and O–H groups in total. The molecule has 2 aromatic heterocycles. The molecule has 0 aliphatic carbocycles. The second kappa shape index (κ2) is 8.50. The molecular weight excluding hydrogens is 422 g/mol. The monoisotopic (exact) mass is 445 g/mol. The van der Waals surface area contributed by atoms with E-state index in [9.17, 15) is 13.2 Å². The summed E-state index contributed by atoms with van der Waals surface area (Å²) in [4.78, 5) is 16.8. The van der Waals surface area contributed by atoms with Gasteiger partial charge in [0.2, 0.25) is 17.6 Å². The van der Waals surface area contributed by atoms with Crippen LogP contribution >= 0.6 is 0 Å². The predicted octanol–water partition coefficient (Wildman–Crippen LogP) is 2.18. The number of aromatic nitrogens is 4. The first-order chi connectivity index (χ1) is 14.8. The number of sulfone groups is 1. The van der Waals surface area contributed by atoms with E-state index in [1.54, 1.807) is 36.9 Å². The van der Waals surface area contributed by atoms with Crippen molar-refractivity contribution in [3.63, 3.8) is 0 Å². The number of nitrogens with one attached hydrogen (secondary N) is 1. The molecule has 0 radical (unpaired) electrons. The van der Waals surface area contributed by atoms with Gasteiger partial charge in [0.15, 0.2) is 9.84 Å². The second-order valence-corrected chi connectivity index (χ2v) is 9.69. The van der Waals surface area contributed by atoms with Crippen LogP contribution in [0.3, 0.4) is 0 Å². The molecule has 11 heteroatoms. The van der Waals surface area contributed by atoms with E-state index >= 15 is 0 Å². The molecule has 1 aromatic carbocycles. The Morgan fingerprint density at radius 3 is 2.77 bits per heavy atom. The van der Waals surface area contributed by atoms with Gasteiger partial charge in [-0.2, -0.15) is 10.1 Å². The van der Waals surface area contributed by atoms with Gasteiger partial charge in [-0.3, -0.25) is 4.79 Å². The lowest BCUT2D eigenvalue weighted by atomic mass is 10.2. The van der Waals surface area contributed by atoms with Crippen molar-refractivity contribution in [3.05, 3.63) is 41.9 Å². The third-order valence-corrected chi connectivity index (χ3v) is 6.81. The van der Waals surface area contributed by atoms with E-state index in [0.29, 0.717) is 29.6 Å². The molecular formula is C20H23N5O5S. The molecule has 1 amide bonds. The van der Waals surface area contributed by atoms with E-state index in [2.05, 4.69) is 20.6 Å². The zero-order chi connectivity index (χ0) is 22.0. The summed E-state index contributed by atoms with van der Waals surface area (Å²) in [6, 6.07) is 8.73. The number of carbonyl (C=O) groups is 1. The van der Waals surface area contributed by atoms with Gasteiger partial charge in [-0.15, -0.1) is 0 Å². The number of rotatable bonds is 7. The van der Waals surface area contributed by atoms with Crippen molar-refractivity contribution in [2.75, 3.05) is 23.9 Å². The number of benzene rings is 1. The molecule has 1 saturated heterocycles. The fourth-order valence-corrected chi connectivity index (χ4v) is 5.19. The Morgan fingerprint density at radius 1 is 1.32 bits per heavy atom. The molecule has 1 aliphatic rings. The summed E-state index contributed by atoms with van der Waals surface area (Å²) in [7, 11) is -1.46. The van der Waals surface area contributed by atoms with E-state index in [4.69, 9.17) is 9.26 Å². The Hall–Kier alpha value is -3.21. The lowest BCUT2D eigenvalue weighted by molar-refractivity contribution is -0.116. The molecule has 4 rings (SSSR count). The first-order valence-electron chi connectivity index (χ1n) is 9.86. The summed E-state index contributed by atoms with van der Waals surface area (Å²) < 4.78 is 35.6. The Morgan fingerprint density at radius 2 is 2.10 bits per heavy atom. The number of anilines is 1. The van der Waals surface area contributed by atoms with E-state index in [1.165, 1.54) is 0 Å². The van der Waals surface area contributed by atoms with Crippen LogP contribution in [0, 0.1) is 6.92 Å². The van der Waals surface area contributed by atoms with Crippen molar-refractivity contribution < 1.29 is 22.5 Å². The number of hydrogen-bond donors (Lipinski definition) is 1. The molecule has 3 aromatic rings. The van der Waals surface area contributed by atoms with Gasteiger partial charge in [0.05, 0.1) is 30.4 Å². The molecule has 1 atom stereocenters. The number of nitrogens with zero attached hydrogens (tertiary/aromatic N) is 4. The average Bonchev–Trinajstić information content (AvgIpc) is 3.45. The van der Waals surface area contributed by atoms with Gasteiger partial charge in [-0.1, -0.05) is 5.16 Å². The minimum atomic E-state index is -3.06. The van der Waals surface area contributed by atoms with Crippen molar-refractivity contribution in [3.8, 4) is 17.1 Å². The Balaban J connectivity index is 1.37. The number of ether oxygens (including phenoxy) is 1. The van der Waals surface area contributed by atoms with Crippen molar-refractivity contribution in [1.29, 1.82) is 0 Å². The SMILES string of the molecule is COc1ccc(-c2noc(CCC(=O)Nc3cc(C)nn3C3CCS(=O)(=O)C3)n2)cc1. The number of methoxy groups -OCH3 is 1. The Labute approximate surface area is 179 Å². The molecule has 0 saturated carbocycles. The highest BCUT2D eigenvalue weighted by molar-refractivity contribution is 7.91. The van der Waals surface area contributed by atoms with Crippen LogP contribution in [0.25, 0.3) is 11.4 Å². The summed E-state index contributed by atoms with van der Waals surface area (Å²) in [6.45, 7) is 1.80. The highest BCUT2D eigenvalue weighted by Crippen LogP contribution is 2.27.